The molecule has 2 heterocycles. The van der Waals surface area contributed by atoms with E-state index >= 15 is 0 Å². The van der Waals surface area contributed by atoms with Crippen LogP contribution in [0.1, 0.15) is 54.8 Å². The van der Waals surface area contributed by atoms with E-state index in [0.717, 1.165) is 47.7 Å². The summed E-state index contributed by atoms with van der Waals surface area (Å²) in [7, 11) is 0. The van der Waals surface area contributed by atoms with E-state index in [2.05, 4.69) is 62.4 Å². The van der Waals surface area contributed by atoms with Crippen molar-refractivity contribution < 1.29 is 0 Å². The molecule has 0 fully saturated rings. The highest BCUT2D eigenvalue weighted by atomic mass is 15.2. The predicted molar refractivity (Wildman–Crippen MR) is 118 cm³/mol. The first kappa shape index (κ1) is 20.3. The lowest BCUT2D eigenvalue weighted by atomic mass is 10.0. The van der Waals surface area contributed by atoms with Crippen LogP contribution in [0.15, 0.2) is 18.3 Å². The van der Waals surface area contributed by atoms with Gasteiger partial charge in [-0.15, -0.1) is 0 Å². The molecule has 5 nitrogen and oxygen atoms in total. The summed E-state index contributed by atoms with van der Waals surface area (Å²) in [6.07, 6.45) is 4.54. The van der Waals surface area contributed by atoms with Crippen molar-refractivity contribution >= 4 is 16.9 Å². The lowest BCUT2D eigenvalue weighted by molar-refractivity contribution is 0.724. The van der Waals surface area contributed by atoms with Crippen LogP contribution in [0.5, 0.6) is 0 Å². The highest BCUT2D eigenvalue weighted by molar-refractivity contribution is 5.92. The SMILES string of the molecule is CCCCN(CC)c1nc(C)nc2c1c(C)cn2-c1c(C)cc(CN)cc1C. The molecular formula is C23H33N5. The van der Waals surface area contributed by atoms with E-state index in [-0.39, 0.29) is 0 Å². The number of anilines is 1. The topological polar surface area (TPSA) is 60.0 Å². The van der Waals surface area contributed by atoms with Gasteiger partial charge in [-0.1, -0.05) is 25.5 Å². The monoisotopic (exact) mass is 379 g/mol. The molecule has 150 valence electrons. The molecule has 0 saturated heterocycles. The van der Waals surface area contributed by atoms with Gasteiger partial charge >= 0.3 is 0 Å². The molecule has 0 aliphatic heterocycles. The lowest BCUT2D eigenvalue weighted by Crippen LogP contribution is -2.25. The average molecular weight is 380 g/mol. The van der Waals surface area contributed by atoms with Crippen LogP contribution < -0.4 is 10.6 Å². The predicted octanol–water partition coefficient (Wildman–Crippen LogP) is 4.74. The Hall–Kier alpha value is -2.40. The summed E-state index contributed by atoms with van der Waals surface area (Å²) in [5.41, 5.74) is 12.8. The van der Waals surface area contributed by atoms with Crippen LogP contribution in [-0.2, 0) is 6.54 Å². The van der Waals surface area contributed by atoms with Crippen molar-refractivity contribution in [2.24, 2.45) is 5.73 Å². The van der Waals surface area contributed by atoms with Gasteiger partial charge in [-0.25, -0.2) is 9.97 Å². The van der Waals surface area contributed by atoms with Gasteiger partial charge in [-0.05, 0) is 63.3 Å². The minimum Gasteiger partial charge on any atom is -0.356 e. The van der Waals surface area contributed by atoms with Crippen molar-refractivity contribution in [3.05, 3.63) is 46.4 Å². The molecule has 0 saturated carbocycles. The van der Waals surface area contributed by atoms with Crippen LogP contribution in [0.25, 0.3) is 16.7 Å². The Morgan fingerprint density at radius 1 is 1.00 bits per heavy atom. The summed E-state index contributed by atoms with van der Waals surface area (Å²) in [5.74, 6) is 1.87. The second-order valence-corrected chi connectivity index (χ2v) is 7.69. The molecule has 5 heteroatoms. The maximum absolute atomic E-state index is 5.87. The van der Waals surface area contributed by atoms with Crippen LogP contribution in [0, 0.1) is 27.7 Å². The van der Waals surface area contributed by atoms with Crippen molar-refractivity contribution in [1.82, 2.24) is 14.5 Å². The summed E-state index contributed by atoms with van der Waals surface area (Å²) in [4.78, 5) is 12.1. The van der Waals surface area contributed by atoms with Gasteiger partial charge in [0.05, 0.1) is 11.1 Å². The number of aromatic nitrogens is 3. The number of aryl methyl sites for hydroxylation is 4. The zero-order chi connectivity index (χ0) is 20.4. The molecule has 2 aromatic heterocycles. The molecule has 1 aromatic carbocycles. The van der Waals surface area contributed by atoms with Crippen molar-refractivity contribution in [2.45, 2.75) is 60.9 Å². The number of hydrogen-bond donors (Lipinski definition) is 1. The molecular weight excluding hydrogens is 346 g/mol. The van der Waals surface area contributed by atoms with Crippen molar-refractivity contribution in [2.75, 3.05) is 18.0 Å². The summed E-state index contributed by atoms with van der Waals surface area (Å²) in [6, 6.07) is 4.36. The van der Waals surface area contributed by atoms with Gasteiger partial charge in [0, 0.05) is 25.8 Å². The Labute approximate surface area is 168 Å². The fourth-order valence-electron chi connectivity index (χ4n) is 4.10. The fraction of sp³-hybridized carbons (Fsp3) is 0.478. The molecule has 0 radical (unpaired) electrons. The zero-order valence-electron chi connectivity index (χ0n) is 18.1. The summed E-state index contributed by atoms with van der Waals surface area (Å²) in [6.45, 7) is 15.4. The van der Waals surface area contributed by atoms with Crippen LogP contribution >= 0.6 is 0 Å². The number of benzene rings is 1. The maximum atomic E-state index is 5.87. The quantitative estimate of drug-likeness (QED) is 0.644. The minimum absolute atomic E-state index is 0.557. The Bertz CT molecular complexity index is 963. The molecule has 0 spiro atoms. The standard InChI is InChI=1S/C23H33N5/c1-7-9-10-27(8-2)22-20-17(5)14-28(23(20)26-18(6)25-22)21-15(3)11-19(13-24)12-16(21)4/h11-12,14H,7-10,13,24H2,1-6H3. The zero-order valence-corrected chi connectivity index (χ0v) is 18.1. The number of rotatable bonds is 7. The summed E-state index contributed by atoms with van der Waals surface area (Å²) in [5, 5.41) is 1.16. The van der Waals surface area contributed by atoms with E-state index in [1.165, 1.54) is 28.8 Å². The molecule has 2 N–H and O–H groups in total. The minimum atomic E-state index is 0.557. The second-order valence-electron chi connectivity index (χ2n) is 7.69. The van der Waals surface area contributed by atoms with E-state index < -0.39 is 0 Å². The molecule has 0 bridgehead atoms. The van der Waals surface area contributed by atoms with Crippen LogP contribution in [-0.4, -0.2) is 27.6 Å². The van der Waals surface area contributed by atoms with E-state index in [1.807, 2.05) is 6.92 Å². The second kappa shape index (κ2) is 8.31. The molecule has 0 aliphatic carbocycles. The number of hydrogen-bond acceptors (Lipinski definition) is 4. The van der Waals surface area contributed by atoms with E-state index in [9.17, 15) is 0 Å². The third kappa shape index (κ3) is 3.63. The van der Waals surface area contributed by atoms with E-state index in [4.69, 9.17) is 15.7 Å². The Morgan fingerprint density at radius 3 is 2.25 bits per heavy atom. The fourth-order valence-corrected chi connectivity index (χ4v) is 4.10. The first-order valence-electron chi connectivity index (χ1n) is 10.3. The normalized spacial score (nSPS) is 11.4. The van der Waals surface area contributed by atoms with Gasteiger partial charge in [-0.3, -0.25) is 0 Å². The van der Waals surface area contributed by atoms with Crippen LogP contribution in [0.2, 0.25) is 0 Å². The number of nitrogens with zero attached hydrogens (tertiary/aromatic N) is 4. The number of fused-ring (bicyclic) bond motifs is 1. The maximum Gasteiger partial charge on any atom is 0.150 e. The van der Waals surface area contributed by atoms with E-state index in [1.54, 1.807) is 0 Å². The Morgan fingerprint density at radius 2 is 1.68 bits per heavy atom. The van der Waals surface area contributed by atoms with Gasteiger partial charge in [0.15, 0.2) is 5.65 Å². The molecule has 3 rings (SSSR count). The first-order valence-corrected chi connectivity index (χ1v) is 10.3. The third-order valence-electron chi connectivity index (χ3n) is 5.42. The smallest absolute Gasteiger partial charge is 0.150 e. The average Bonchev–Trinajstić information content (AvgIpc) is 2.97. The van der Waals surface area contributed by atoms with Crippen molar-refractivity contribution in [3.8, 4) is 5.69 Å². The molecule has 0 amide bonds. The van der Waals surface area contributed by atoms with Gasteiger partial charge in [0.1, 0.15) is 11.6 Å². The van der Waals surface area contributed by atoms with Crippen LogP contribution in [0.3, 0.4) is 0 Å². The molecule has 28 heavy (non-hydrogen) atoms. The molecule has 0 unspecified atom stereocenters. The largest absolute Gasteiger partial charge is 0.356 e. The summed E-state index contributed by atoms with van der Waals surface area (Å²) >= 11 is 0. The number of nitrogens with two attached hydrogens (primary N) is 1. The Kier molecular flexibility index (Phi) is 6.04. The molecule has 0 atom stereocenters. The highest BCUT2D eigenvalue weighted by Crippen LogP contribution is 2.33. The van der Waals surface area contributed by atoms with Crippen molar-refractivity contribution in [3.63, 3.8) is 0 Å². The first-order chi connectivity index (χ1) is 13.4. The van der Waals surface area contributed by atoms with Crippen molar-refractivity contribution in [1.29, 1.82) is 0 Å². The molecule has 0 aliphatic rings. The van der Waals surface area contributed by atoms with Gasteiger partial charge in [-0.2, -0.15) is 0 Å². The Balaban J connectivity index is 2.26. The van der Waals surface area contributed by atoms with E-state index in [0.29, 0.717) is 6.54 Å². The van der Waals surface area contributed by atoms with Gasteiger partial charge < -0.3 is 15.2 Å². The molecule has 3 aromatic rings. The van der Waals surface area contributed by atoms with Crippen LogP contribution in [0.4, 0.5) is 5.82 Å². The third-order valence-corrected chi connectivity index (χ3v) is 5.42. The van der Waals surface area contributed by atoms with Gasteiger partial charge in [0.2, 0.25) is 0 Å². The van der Waals surface area contributed by atoms with Gasteiger partial charge in [0.25, 0.3) is 0 Å². The highest BCUT2D eigenvalue weighted by Gasteiger charge is 2.20. The number of unbranched alkanes of at least 4 members (excludes halogenated alkanes) is 1. The summed E-state index contributed by atoms with van der Waals surface area (Å²) < 4.78 is 2.24. The lowest BCUT2D eigenvalue weighted by Gasteiger charge is -2.23.